The smallest absolute Gasteiger partial charge is 0.338 e. The third-order valence-corrected chi connectivity index (χ3v) is 2.76. The maximum absolute atomic E-state index is 11.3. The molecule has 0 aliphatic rings. The molecule has 1 aromatic carbocycles. The molecule has 0 heterocycles. The summed E-state index contributed by atoms with van der Waals surface area (Å²) >= 11 is 0. The summed E-state index contributed by atoms with van der Waals surface area (Å²) in [5, 5.41) is 10.7. The number of hydrogen-bond acceptors (Lipinski definition) is 5. The summed E-state index contributed by atoms with van der Waals surface area (Å²) in [6, 6.07) is 4.01. The molecule has 1 rings (SSSR count). The molecule has 7 heteroatoms. The topological polar surface area (TPSA) is 69.4 Å². The van der Waals surface area contributed by atoms with Crippen LogP contribution in [-0.4, -0.2) is 17.5 Å². The fraction of sp³-hybridized carbons (Fsp3) is 0.222. The minimum atomic E-state index is -0.590. The molecule has 16 heavy (non-hydrogen) atoms. The lowest BCUT2D eigenvalue weighted by Gasteiger charge is -2.03. The first-order chi connectivity index (χ1) is 7.60. The van der Waals surface area contributed by atoms with Gasteiger partial charge in [0.2, 0.25) is 0 Å². The Morgan fingerprint density at radius 3 is 2.81 bits per heavy atom. The first kappa shape index (κ1) is 12.8. The minimum absolute atomic E-state index is 0.142. The van der Waals surface area contributed by atoms with E-state index in [9.17, 15) is 14.9 Å². The molecule has 1 aromatic rings. The highest BCUT2D eigenvalue weighted by atomic mass is 35.7. The molecule has 0 saturated carbocycles. The standard InChI is InChI=1S/C9H8ClNO4S/c1-2-15-9(12)6-3-4-8(16-10)7(5-6)11(13)14/h3-5H,2H2,1H3. The highest BCUT2D eigenvalue weighted by molar-refractivity contribution is 8.21. The number of nitro benzene ring substituents is 1. The van der Waals surface area contributed by atoms with Crippen LogP contribution < -0.4 is 0 Å². The van der Waals surface area contributed by atoms with Crippen LogP contribution in [-0.2, 0) is 4.74 Å². The molecule has 0 spiro atoms. The van der Waals surface area contributed by atoms with E-state index in [1.54, 1.807) is 6.92 Å². The first-order valence-corrected chi connectivity index (χ1v) is 5.98. The van der Waals surface area contributed by atoms with E-state index in [2.05, 4.69) is 0 Å². The van der Waals surface area contributed by atoms with Crippen molar-refractivity contribution in [3.63, 3.8) is 0 Å². The van der Waals surface area contributed by atoms with Gasteiger partial charge in [0.1, 0.15) is 4.90 Å². The summed E-state index contributed by atoms with van der Waals surface area (Å²) in [4.78, 5) is 21.7. The number of carbonyl (C=O) groups is 1. The van der Waals surface area contributed by atoms with Gasteiger partial charge >= 0.3 is 5.97 Å². The quantitative estimate of drug-likeness (QED) is 0.473. The molecule has 0 amide bonds. The van der Waals surface area contributed by atoms with Crippen molar-refractivity contribution in [1.82, 2.24) is 0 Å². The maximum Gasteiger partial charge on any atom is 0.338 e. The summed E-state index contributed by atoms with van der Waals surface area (Å²) in [5.74, 6) is -0.586. The monoisotopic (exact) mass is 261 g/mol. The molecular weight excluding hydrogens is 254 g/mol. The van der Waals surface area contributed by atoms with E-state index < -0.39 is 10.9 Å². The zero-order valence-electron chi connectivity index (χ0n) is 8.31. The van der Waals surface area contributed by atoms with Gasteiger partial charge in [-0.15, -0.1) is 0 Å². The molecule has 0 N–H and O–H groups in total. The summed E-state index contributed by atoms with van der Waals surface area (Å²) in [6.07, 6.45) is 0. The number of nitrogens with zero attached hydrogens (tertiary/aromatic N) is 1. The van der Waals surface area contributed by atoms with E-state index in [1.807, 2.05) is 0 Å². The second-order valence-corrected chi connectivity index (χ2v) is 3.79. The molecule has 0 atom stereocenters. The van der Waals surface area contributed by atoms with Gasteiger partial charge in [-0.05, 0) is 40.7 Å². The molecule has 0 aliphatic heterocycles. The number of benzene rings is 1. The Morgan fingerprint density at radius 2 is 2.31 bits per heavy atom. The summed E-state index contributed by atoms with van der Waals surface area (Å²) < 4.78 is 4.73. The van der Waals surface area contributed by atoms with Crippen molar-refractivity contribution >= 4 is 33.3 Å². The molecule has 86 valence electrons. The normalized spacial score (nSPS) is 9.88. The molecular formula is C9H8ClNO4S. The second kappa shape index (κ2) is 5.72. The predicted molar refractivity (Wildman–Crippen MR) is 60.8 cm³/mol. The van der Waals surface area contributed by atoms with Crippen LogP contribution >= 0.6 is 21.7 Å². The van der Waals surface area contributed by atoms with Crippen molar-refractivity contribution < 1.29 is 14.5 Å². The zero-order valence-corrected chi connectivity index (χ0v) is 9.88. The van der Waals surface area contributed by atoms with Crippen molar-refractivity contribution in [1.29, 1.82) is 0 Å². The number of halogens is 1. The largest absolute Gasteiger partial charge is 0.462 e. The van der Waals surface area contributed by atoms with Gasteiger partial charge in [-0.1, -0.05) is 0 Å². The van der Waals surface area contributed by atoms with Crippen LogP contribution in [0.1, 0.15) is 17.3 Å². The molecule has 0 fully saturated rings. The van der Waals surface area contributed by atoms with Crippen LogP contribution in [0.15, 0.2) is 23.1 Å². The van der Waals surface area contributed by atoms with Crippen molar-refractivity contribution in [2.45, 2.75) is 11.8 Å². The Morgan fingerprint density at radius 1 is 1.62 bits per heavy atom. The Balaban J connectivity index is 3.11. The van der Waals surface area contributed by atoms with E-state index in [-0.39, 0.29) is 17.9 Å². The SMILES string of the molecule is CCOC(=O)c1ccc(SCl)c([N+](=O)[O-])c1. The molecule has 0 aliphatic carbocycles. The third kappa shape index (κ3) is 2.86. The fourth-order valence-electron chi connectivity index (χ4n) is 1.07. The lowest BCUT2D eigenvalue weighted by Crippen LogP contribution is -2.05. The fourth-order valence-corrected chi connectivity index (χ4v) is 1.79. The van der Waals surface area contributed by atoms with E-state index in [1.165, 1.54) is 12.1 Å². The molecule has 5 nitrogen and oxygen atoms in total. The second-order valence-electron chi connectivity index (χ2n) is 2.74. The van der Waals surface area contributed by atoms with Crippen LogP contribution in [0, 0.1) is 10.1 Å². The highest BCUT2D eigenvalue weighted by Crippen LogP contribution is 2.32. The minimum Gasteiger partial charge on any atom is -0.462 e. The molecule has 0 saturated heterocycles. The Labute approximate surface area is 100 Å². The van der Waals surface area contributed by atoms with Crippen LogP contribution in [0.4, 0.5) is 5.69 Å². The number of hydrogen-bond donors (Lipinski definition) is 0. The van der Waals surface area contributed by atoms with Crippen molar-refractivity contribution in [2.75, 3.05) is 6.61 Å². The summed E-state index contributed by atoms with van der Waals surface area (Å²) in [7, 11) is 6.20. The Bertz CT molecular complexity index is 424. The van der Waals surface area contributed by atoms with Crippen LogP contribution in [0.25, 0.3) is 0 Å². The molecule has 0 bridgehead atoms. The summed E-state index contributed by atoms with van der Waals surface area (Å²) in [5.41, 5.74) is -0.0615. The lowest BCUT2D eigenvalue weighted by molar-refractivity contribution is -0.387. The first-order valence-electron chi connectivity index (χ1n) is 4.34. The van der Waals surface area contributed by atoms with Crippen LogP contribution in [0.3, 0.4) is 0 Å². The number of esters is 1. The average molecular weight is 262 g/mol. The van der Waals surface area contributed by atoms with E-state index in [0.29, 0.717) is 4.90 Å². The van der Waals surface area contributed by atoms with Gasteiger partial charge in [-0.2, -0.15) is 0 Å². The van der Waals surface area contributed by atoms with Gasteiger partial charge in [-0.25, -0.2) is 4.79 Å². The number of ether oxygens (including phenoxy) is 1. The van der Waals surface area contributed by atoms with Gasteiger partial charge in [0, 0.05) is 6.07 Å². The van der Waals surface area contributed by atoms with E-state index in [0.717, 1.165) is 17.0 Å². The Hall–Kier alpha value is -1.27. The number of nitro groups is 1. The molecule has 0 radical (unpaired) electrons. The summed E-state index contributed by atoms with van der Waals surface area (Å²) in [6.45, 7) is 1.88. The third-order valence-electron chi connectivity index (χ3n) is 1.75. The maximum atomic E-state index is 11.3. The van der Waals surface area contributed by atoms with Gasteiger partial charge in [0.15, 0.2) is 0 Å². The van der Waals surface area contributed by atoms with Gasteiger partial charge in [-0.3, -0.25) is 10.1 Å². The van der Waals surface area contributed by atoms with Crippen LogP contribution in [0.2, 0.25) is 0 Å². The van der Waals surface area contributed by atoms with Crippen molar-refractivity contribution in [2.24, 2.45) is 0 Å². The zero-order chi connectivity index (χ0) is 12.1. The highest BCUT2D eigenvalue weighted by Gasteiger charge is 2.17. The molecule has 0 aromatic heterocycles. The van der Waals surface area contributed by atoms with Gasteiger partial charge < -0.3 is 4.74 Å². The van der Waals surface area contributed by atoms with Crippen molar-refractivity contribution in [3.05, 3.63) is 33.9 Å². The van der Waals surface area contributed by atoms with Gasteiger partial charge in [0.05, 0.1) is 17.1 Å². The average Bonchev–Trinajstić information content (AvgIpc) is 2.28. The lowest BCUT2D eigenvalue weighted by atomic mass is 10.2. The van der Waals surface area contributed by atoms with Crippen molar-refractivity contribution in [3.8, 4) is 0 Å². The van der Waals surface area contributed by atoms with E-state index in [4.69, 9.17) is 15.4 Å². The predicted octanol–water partition coefficient (Wildman–Crippen LogP) is 3.02. The number of carbonyl (C=O) groups excluding carboxylic acids is 1. The molecule has 0 unspecified atom stereocenters. The Kier molecular flexibility index (Phi) is 4.57. The number of rotatable bonds is 4. The van der Waals surface area contributed by atoms with Crippen LogP contribution in [0.5, 0.6) is 0 Å². The van der Waals surface area contributed by atoms with E-state index >= 15 is 0 Å². The van der Waals surface area contributed by atoms with Gasteiger partial charge in [0.25, 0.3) is 5.69 Å².